The Bertz CT molecular complexity index is 1100. The standard InChI is InChI=1S/C27H39ClN6O4S/c1-17(2)30-25(35)23-14-22(28)24(19(4)31-23)26(36)29-10-6-18(3)33-11-7-21(8-12-33)34(27(37)32-38-5)15-20-9-13-39-16-20/h9,13-14,16-18,21H,6-8,10-12,15H2,1-5H3,(H,29,36)(H,30,35)(H,32,37)/t18-/m1/s1. The number of piperidine rings is 1. The van der Waals surface area contributed by atoms with Crippen molar-refractivity contribution in [1.82, 2.24) is 30.9 Å². The van der Waals surface area contributed by atoms with Crippen molar-refractivity contribution >= 4 is 40.8 Å². The fraction of sp³-hybridized carbons (Fsp3) is 0.556. The Kier molecular flexibility index (Phi) is 11.5. The number of thiophene rings is 1. The lowest BCUT2D eigenvalue weighted by Crippen LogP contribution is -2.51. The van der Waals surface area contributed by atoms with Crippen LogP contribution in [0.15, 0.2) is 22.9 Å². The molecule has 0 radical (unpaired) electrons. The molecule has 214 valence electrons. The van der Waals surface area contributed by atoms with Gasteiger partial charge in [0.1, 0.15) is 5.69 Å². The summed E-state index contributed by atoms with van der Waals surface area (Å²) in [6, 6.07) is 3.58. The summed E-state index contributed by atoms with van der Waals surface area (Å²) in [5, 5.41) is 10.00. The molecule has 4 amide bonds. The number of hydroxylamine groups is 1. The van der Waals surface area contributed by atoms with Crippen molar-refractivity contribution in [2.45, 2.75) is 71.6 Å². The van der Waals surface area contributed by atoms with Crippen molar-refractivity contribution in [2.24, 2.45) is 0 Å². The second kappa shape index (κ2) is 14.6. The molecule has 10 nitrogen and oxygen atoms in total. The van der Waals surface area contributed by atoms with E-state index in [1.54, 1.807) is 18.3 Å². The Hall–Kier alpha value is -2.73. The first-order chi connectivity index (χ1) is 18.6. The molecule has 39 heavy (non-hydrogen) atoms. The molecular formula is C27H39ClN6O4S. The van der Waals surface area contributed by atoms with Crippen molar-refractivity contribution in [1.29, 1.82) is 0 Å². The number of pyridine rings is 1. The quantitative estimate of drug-likeness (QED) is 0.347. The zero-order valence-corrected chi connectivity index (χ0v) is 24.8. The number of rotatable bonds is 11. The fourth-order valence-electron chi connectivity index (χ4n) is 4.75. The number of nitrogens with zero attached hydrogens (tertiary/aromatic N) is 3. The molecule has 1 aliphatic heterocycles. The number of likely N-dealkylation sites (tertiary alicyclic amines) is 1. The summed E-state index contributed by atoms with van der Waals surface area (Å²) in [6.07, 6.45) is 2.47. The first kappa shape index (κ1) is 30.8. The molecule has 2 aromatic heterocycles. The lowest BCUT2D eigenvalue weighted by atomic mass is 10.0. The van der Waals surface area contributed by atoms with E-state index in [1.165, 1.54) is 13.2 Å². The van der Waals surface area contributed by atoms with Gasteiger partial charge in [-0.3, -0.25) is 14.4 Å². The minimum Gasteiger partial charge on any atom is -0.352 e. The van der Waals surface area contributed by atoms with Crippen LogP contribution >= 0.6 is 22.9 Å². The van der Waals surface area contributed by atoms with Crippen LogP contribution in [-0.4, -0.2) is 77.5 Å². The number of nitrogens with one attached hydrogen (secondary N) is 3. The molecule has 0 aliphatic carbocycles. The molecule has 3 rings (SSSR count). The molecule has 12 heteroatoms. The summed E-state index contributed by atoms with van der Waals surface area (Å²) in [4.78, 5) is 51.2. The Morgan fingerprint density at radius 1 is 1.23 bits per heavy atom. The number of amides is 4. The van der Waals surface area contributed by atoms with E-state index in [0.29, 0.717) is 18.8 Å². The van der Waals surface area contributed by atoms with Crippen LogP contribution in [0.2, 0.25) is 5.02 Å². The normalized spacial score (nSPS) is 15.2. The topological polar surface area (TPSA) is 116 Å². The van der Waals surface area contributed by atoms with Gasteiger partial charge in [-0.05, 0) is 75.4 Å². The van der Waals surface area contributed by atoms with Gasteiger partial charge in [0.15, 0.2) is 0 Å². The van der Waals surface area contributed by atoms with E-state index < -0.39 is 0 Å². The maximum Gasteiger partial charge on any atom is 0.341 e. The van der Waals surface area contributed by atoms with Crippen LogP contribution < -0.4 is 16.1 Å². The predicted octanol–water partition coefficient (Wildman–Crippen LogP) is 3.99. The monoisotopic (exact) mass is 578 g/mol. The first-order valence-electron chi connectivity index (χ1n) is 13.2. The molecule has 1 aliphatic rings. The summed E-state index contributed by atoms with van der Waals surface area (Å²) >= 11 is 7.99. The third-order valence-electron chi connectivity index (χ3n) is 6.83. The van der Waals surface area contributed by atoms with Crippen molar-refractivity contribution < 1.29 is 19.2 Å². The number of hydrogen-bond acceptors (Lipinski definition) is 7. The number of halogens is 1. The van der Waals surface area contributed by atoms with Gasteiger partial charge in [0.05, 0.1) is 23.4 Å². The average Bonchev–Trinajstić information content (AvgIpc) is 3.40. The van der Waals surface area contributed by atoms with E-state index in [4.69, 9.17) is 16.4 Å². The van der Waals surface area contributed by atoms with E-state index in [2.05, 4.69) is 38.3 Å². The smallest absolute Gasteiger partial charge is 0.341 e. The van der Waals surface area contributed by atoms with Gasteiger partial charge in [-0.1, -0.05) is 11.6 Å². The number of carbonyl (C=O) groups excluding carboxylic acids is 3. The molecule has 2 aromatic rings. The average molecular weight is 579 g/mol. The molecular weight excluding hydrogens is 540 g/mol. The number of aryl methyl sites for hydroxylation is 1. The molecule has 0 aromatic carbocycles. The van der Waals surface area contributed by atoms with Gasteiger partial charge in [0.25, 0.3) is 11.8 Å². The zero-order valence-electron chi connectivity index (χ0n) is 23.3. The minimum atomic E-state index is -0.325. The van der Waals surface area contributed by atoms with Gasteiger partial charge in [-0.25, -0.2) is 15.3 Å². The lowest BCUT2D eigenvalue weighted by molar-refractivity contribution is 0.0565. The van der Waals surface area contributed by atoms with Crippen LogP contribution in [0.25, 0.3) is 0 Å². The van der Waals surface area contributed by atoms with E-state index in [-0.39, 0.29) is 52.3 Å². The summed E-state index contributed by atoms with van der Waals surface area (Å²) < 4.78 is 0. The van der Waals surface area contributed by atoms with Gasteiger partial charge in [0.2, 0.25) is 0 Å². The minimum absolute atomic E-state index is 0.0329. The van der Waals surface area contributed by atoms with Crippen molar-refractivity contribution in [2.75, 3.05) is 26.7 Å². The van der Waals surface area contributed by atoms with Crippen LogP contribution in [0, 0.1) is 6.92 Å². The molecule has 3 heterocycles. The molecule has 0 bridgehead atoms. The Balaban J connectivity index is 1.50. The maximum absolute atomic E-state index is 12.9. The van der Waals surface area contributed by atoms with Gasteiger partial charge in [0, 0.05) is 44.3 Å². The van der Waals surface area contributed by atoms with Gasteiger partial charge in [-0.15, -0.1) is 0 Å². The zero-order chi connectivity index (χ0) is 28.5. The second-order valence-corrected chi connectivity index (χ2v) is 11.3. The lowest BCUT2D eigenvalue weighted by Gasteiger charge is -2.40. The Morgan fingerprint density at radius 3 is 2.54 bits per heavy atom. The third-order valence-corrected chi connectivity index (χ3v) is 7.86. The summed E-state index contributed by atoms with van der Waals surface area (Å²) in [5.74, 6) is -0.631. The molecule has 3 N–H and O–H groups in total. The van der Waals surface area contributed by atoms with E-state index in [9.17, 15) is 14.4 Å². The van der Waals surface area contributed by atoms with Crippen LogP contribution in [0.1, 0.15) is 72.1 Å². The Morgan fingerprint density at radius 2 is 1.95 bits per heavy atom. The SMILES string of the molecule is CONC(=O)N(Cc1ccsc1)C1CCN([C@H](C)CCNC(=O)c2c(Cl)cc(C(=O)NC(C)C)nc2C)CC1. The first-order valence-corrected chi connectivity index (χ1v) is 14.5. The van der Waals surface area contributed by atoms with Crippen LogP contribution in [0.3, 0.4) is 0 Å². The van der Waals surface area contributed by atoms with Gasteiger partial charge < -0.3 is 20.4 Å². The highest BCUT2D eigenvalue weighted by molar-refractivity contribution is 7.07. The number of hydrogen-bond donors (Lipinski definition) is 3. The third kappa shape index (κ3) is 8.63. The van der Waals surface area contributed by atoms with E-state index in [0.717, 1.165) is 37.9 Å². The van der Waals surface area contributed by atoms with Crippen LogP contribution in [0.5, 0.6) is 0 Å². The molecule has 0 spiro atoms. The number of aromatic nitrogens is 1. The number of carbonyl (C=O) groups is 3. The van der Waals surface area contributed by atoms with Crippen molar-refractivity contribution in [3.05, 3.63) is 50.4 Å². The highest BCUT2D eigenvalue weighted by atomic mass is 35.5. The van der Waals surface area contributed by atoms with Crippen molar-refractivity contribution in [3.8, 4) is 0 Å². The summed E-state index contributed by atoms with van der Waals surface area (Å²) in [5.41, 5.74) is 4.46. The van der Waals surface area contributed by atoms with Crippen molar-refractivity contribution in [3.63, 3.8) is 0 Å². The molecule has 0 unspecified atom stereocenters. The molecule has 1 atom stereocenters. The van der Waals surface area contributed by atoms with Gasteiger partial charge in [-0.2, -0.15) is 11.3 Å². The van der Waals surface area contributed by atoms with Crippen LogP contribution in [0.4, 0.5) is 4.79 Å². The highest BCUT2D eigenvalue weighted by Crippen LogP contribution is 2.23. The van der Waals surface area contributed by atoms with E-state index >= 15 is 0 Å². The number of urea groups is 1. The summed E-state index contributed by atoms with van der Waals surface area (Å²) in [7, 11) is 1.44. The largest absolute Gasteiger partial charge is 0.352 e. The Labute approximate surface area is 239 Å². The van der Waals surface area contributed by atoms with Crippen LogP contribution in [-0.2, 0) is 11.4 Å². The summed E-state index contributed by atoms with van der Waals surface area (Å²) in [6.45, 7) is 10.3. The fourth-order valence-corrected chi connectivity index (χ4v) is 5.74. The highest BCUT2D eigenvalue weighted by Gasteiger charge is 2.30. The van der Waals surface area contributed by atoms with Gasteiger partial charge >= 0.3 is 6.03 Å². The molecule has 0 saturated carbocycles. The predicted molar refractivity (Wildman–Crippen MR) is 153 cm³/mol. The maximum atomic E-state index is 12.9. The van der Waals surface area contributed by atoms with E-state index in [1.807, 2.05) is 30.2 Å². The molecule has 1 saturated heterocycles. The molecule has 1 fully saturated rings. The second-order valence-electron chi connectivity index (χ2n) is 10.1.